The van der Waals surface area contributed by atoms with Gasteiger partial charge in [0.2, 0.25) is 0 Å². The monoisotopic (exact) mass is 412 g/mol. The third-order valence-corrected chi connectivity index (χ3v) is 5.70. The topological polar surface area (TPSA) is 8.17 Å². The van der Waals surface area contributed by atoms with Gasteiger partial charge in [-0.2, -0.15) is 0 Å². The summed E-state index contributed by atoms with van der Waals surface area (Å²) in [6.07, 6.45) is 13.9. The first-order valence-corrected chi connectivity index (χ1v) is 11.7. The highest BCUT2D eigenvalue weighted by molar-refractivity contribution is 5.84. The van der Waals surface area contributed by atoms with E-state index in [9.17, 15) is 4.39 Å². The lowest BCUT2D eigenvalue weighted by molar-refractivity contribution is 0.258. The molecule has 0 fully saturated rings. The summed E-state index contributed by atoms with van der Waals surface area (Å²) >= 11 is 0. The van der Waals surface area contributed by atoms with Crippen LogP contribution in [-0.2, 0) is 13.1 Å². The van der Waals surface area contributed by atoms with Gasteiger partial charge in [-0.1, -0.05) is 50.0 Å². The van der Waals surface area contributed by atoms with E-state index >= 15 is 0 Å². The van der Waals surface area contributed by atoms with Crippen LogP contribution in [0.1, 0.15) is 78.7 Å². The van der Waals surface area contributed by atoms with Crippen LogP contribution in [0.15, 0.2) is 47.7 Å². The number of benzene rings is 1. The molecule has 0 bridgehead atoms. The molecule has 0 aliphatic carbocycles. The fraction of sp³-hybridized carbons (Fsp3) is 0.556. The lowest BCUT2D eigenvalue weighted by Crippen LogP contribution is -2.25. The molecule has 30 heavy (non-hydrogen) atoms. The maximum absolute atomic E-state index is 14.0. The van der Waals surface area contributed by atoms with Crippen LogP contribution in [0.4, 0.5) is 4.39 Å². The summed E-state index contributed by atoms with van der Waals surface area (Å²) in [5.74, 6) is -0.149. The second-order valence-electron chi connectivity index (χ2n) is 8.82. The number of allylic oxidation sites excluding steroid dienone is 4. The fourth-order valence-corrected chi connectivity index (χ4v) is 3.84. The average molecular weight is 413 g/mol. The number of unbranched alkanes of at least 4 members (excludes halogenated alkanes) is 2. The van der Waals surface area contributed by atoms with Gasteiger partial charge in [-0.15, -0.1) is 0 Å². The summed E-state index contributed by atoms with van der Waals surface area (Å²) in [5, 5.41) is 1.06. The minimum Gasteiger partial charge on any atom is -0.343 e. The van der Waals surface area contributed by atoms with Crippen LogP contribution in [0.3, 0.4) is 0 Å². The molecule has 0 saturated carbocycles. The van der Waals surface area contributed by atoms with E-state index in [-0.39, 0.29) is 5.82 Å². The first-order valence-electron chi connectivity index (χ1n) is 11.7. The molecular weight excluding hydrogens is 371 g/mol. The van der Waals surface area contributed by atoms with Crippen LogP contribution in [-0.4, -0.2) is 22.6 Å². The molecular formula is C27H41FN2. The van der Waals surface area contributed by atoms with E-state index in [1.54, 1.807) is 12.1 Å². The van der Waals surface area contributed by atoms with Crippen LogP contribution >= 0.6 is 0 Å². The molecule has 2 aromatic rings. The van der Waals surface area contributed by atoms with Crippen molar-refractivity contribution in [2.24, 2.45) is 0 Å². The molecule has 1 heterocycles. The summed E-state index contributed by atoms with van der Waals surface area (Å²) in [5.41, 5.74) is 5.16. The Bertz CT molecular complexity index is 832. The van der Waals surface area contributed by atoms with Gasteiger partial charge in [-0.3, -0.25) is 4.90 Å². The zero-order chi connectivity index (χ0) is 21.9. The number of hydrogen-bond donors (Lipinski definition) is 0. The number of nitrogens with zero attached hydrogens (tertiary/aromatic N) is 2. The summed E-state index contributed by atoms with van der Waals surface area (Å²) in [6.45, 7) is 15.0. The van der Waals surface area contributed by atoms with Crippen molar-refractivity contribution in [1.82, 2.24) is 9.47 Å². The summed E-state index contributed by atoms with van der Waals surface area (Å²) in [6, 6.07) is 5.23. The van der Waals surface area contributed by atoms with Gasteiger partial charge >= 0.3 is 0 Å². The van der Waals surface area contributed by atoms with Gasteiger partial charge in [0.1, 0.15) is 5.82 Å². The molecule has 2 nitrogen and oxygen atoms in total. The van der Waals surface area contributed by atoms with Crippen molar-refractivity contribution < 1.29 is 4.39 Å². The van der Waals surface area contributed by atoms with E-state index in [2.05, 4.69) is 62.4 Å². The SMILES string of the molecule is CCCCN(CCCC)Cc1cn(CC=C(C)CCC=C(C)C)c2ccc(F)cc12. The molecule has 0 aliphatic rings. The molecule has 2 rings (SSSR count). The van der Waals surface area contributed by atoms with E-state index in [0.717, 1.165) is 49.9 Å². The van der Waals surface area contributed by atoms with E-state index in [0.29, 0.717) is 0 Å². The predicted octanol–water partition coefficient (Wildman–Crippen LogP) is 7.88. The third-order valence-electron chi connectivity index (χ3n) is 5.70. The summed E-state index contributed by atoms with van der Waals surface area (Å²) < 4.78 is 16.3. The first kappa shape index (κ1) is 24.4. The lowest BCUT2D eigenvalue weighted by Gasteiger charge is -2.21. The van der Waals surface area contributed by atoms with Crippen molar-refractivity contribution in [3.05, 3.63) is 59.1 Å². The van der Waals surface area contributed by atoms with Crippen molar-refractivity contribution in [3.63, 3.8) is 0 Å². The second kappa shape index (κ2) is 12.7. The summed E-state index contributed by atoms with van der Waals surface area (Å²) in [4.78, 5) is 2.54. The van der Waals surface area contributed by atoms with Gasteiger partial charge in [0.15, 0.2) is 0 Å². The average Bonchev–Trinajstić information content (AvgIpc) is 3.04. The van der Waals surface area contributed by atoms with E-state index in [4.69, 9.17) is 0 Å². The predicted molar refractivity (Wildman–Crippen MR) is 129 cm³/mol. The Labute approximate surface area is 183 Å². The van der Waals surface area contributed by atoms with Gasteiger partial charge in [0.25, 0.3) is 0 Å². The van der Waals surface area contributed by atoms with Gasteiger partial charge < -0.3 is 4.57 Å². The molecule has 0 spiro atoms. The van der Waals surface area contributed by atoms with E-state index in [1.165, 1.54) is 42.4 Å². The molecule has 0 atom stereocenters. The standard InChI is InChI=1S/C27H41FN2/c1-6-8-16-29(17-9-7-2)20-24-21-30(27-14-13-25(28)19-26(24)27)18-15-23(5)12-10-11-22(3)4/h11,13-15,19,21H,6-10,12,16-18,20H2,1-5H3. The molecule has 0 N–H and O–H groups in total. The fourth-order valence-electron chi connectivity index (χ4n) is 3.84. The minimum atomic E-state index is -0.149. The van der Waals surface area contributed by atoms with Crippen LogP contribution in [0, 0.1) is 5.82 Å². The van der Waals surface area contributed by atoms with Crippen molar-refractivity contribution in [3.8, 4) is 0 Å². The third kappa shape index (κ3) is 7.75. The van der Waals surface area contributed by atoms with E-state index < -0.39 is 0 Å². The Hall–Kier alpha value is -1.87. The van der Waals surface area contributed by atoms with Crippen LogP contribution in [0.25, 0.3) is 10.9 Å². The molecule has 0 unspecified atom stereocenters. The Morgan fingerprint density at radius 3 is 2.37 bits per heavy atom. The number of fused-ring (bicyclic) bond motifs is 1. The van der Waals surface area contributed by atoms with Crippen molar-refractivity contribution in [1.29, 1.82) is 0 Å². The smallest absolute Gasteiger partial charge is 0.123 e. The Morgan fingerprint density at radius 2 is 1.73 bits per heavy atom. The van der Waals surface area contributed by atoms with Gasteiger partial charge in [0, 0.05) is 30.2 Å². The molecule has 1 aromatic heterocycles. The van der Waals surface area contributed by atoms with Crippen LogP contribution < -0.4 is 0 Å². The highest BCUT2D eigenvalue weighted by atomic mass is 19.1. The van der Waals surface area contributed by atoms with Gasteiger partial charge in [-0.05, 0) is 83.3 Å². The minimum absolute atomic E-state index is 0.149. The highest BCUT2D eigenvalue weighted by Gasteiger charge is 2.13. The Balaban J connectivity index is 2.21. The molecule has 0 saturated heterocycles. The lowest BCUT2D eigenvalue weighted by atomic mass is 10.1. The zero-order valence-electron chi connectivity index (χ0n) is 19.8. The van der Waals surface area contributed by atoms with Crippen molar-refractivity contribution in [2.75, 3.05) is 13.1 Å². The van der Waals surface area contributed by atoms with Crippen LogP contribution in [0.2, 0.25) is 0 Å². The molecule has 0 amide bonds. The molecule has 0 aliphatic heterocycles. The van der Waals surface area contributed by atoms with Gasteiger partial charge in [0.05, 0.1) is 0 Å². The second-order valence-corrected chi connectivity index (χ2v) is 8.82. The zero-order valence-corrected chi connectivity index (χ0v) is 19.8. The van der Waals surface area contributed by atoms with Crippen LogP contribution in [0.5, 0.6) is 0 Å². The molecule has 1 aromatic carbocycles. The first-order chi connectivity index (χ1) is 14.4. The maximum Gasteiger partial charge on any atom is 0.123 e. The number of hydrogen-bond acceptors (Lipinski definition) is 1. The maximum atomic E-state index is 14.0. The molecule has 166 valence electrons. The number of halogens is 1. The summed E-state index contributed by atoms with van der Waals surface area (Å²) in [7, 11) is 0. The highest BCUT2D eigenvalue weighted by Crippen LogP contribution is 2.25. The number of aromatic nitrogens is 1. The molecule has 3 heteroatoms. The quantitative estimate of drug-likeness (QED) is 0.304. The number of rotatable bonds is 13. The normalized spacial score (nSPS) is 12.2. The van der Waals surface area contributed by atoms with Gasteiger partial charge in [-0.25, -0.2) is 4.39 Å². The largest absolute Gasteiger partial charge is 0.343 e. The molecule has 0 radical (unpaired) electrons. The van der Waals surface area contributed by atoms with Crippen molar-refractivity contribution >= 4 is 10.9 Å². The van der Waals surface area contributed by atoms with E-state index in [1.807, 2.05) is 6.07 Å². The Morgan fingerprint density at radius 1 is 1.03 bits per heavy atom. The Kier molecular flexibility index (Phi) is 10.4. The van der Waals surface area contributed by atoms with Crippen molar-refractivity contribution in [2.45, 2.75) is 86.2 Å².